The maximum Gasteiger partial charge on any atom is 0.113 e. The lowest BCUT2D eigenvalue weighted by molar-refractivity contribution is 0.803. The molecule has 96 valence electrons. The first-order valence-corrected chi connectivity index (χ1v) is 6.59. The van der Waals surface area contributed by atoms with Crippen LogP contribution >= 0.6 is 11.6 Å². The molecule has 0 aliphatic rings. The van der Waals surface area contributed by atoms with Crippen molar-refractivity contribution < 1.29 is 0 Å². The third kappa shape index (κ3) is 2.57. The second-order valence-corrected chi connectivity index (χ2v) is 4.87. The molecule has 2 aromatic rings. The summed E-state index contributed by atoms with van der Waals surface area (Å²) in [4.78, 5) is 4.36. The maximum absolute atomic E-state index is 6.33. The molecule has 4 heteroatoms. The summed E-state index contributed by atoms with van der Waals surface area (Å²) in [5, 5.41) is 0.708. The lowest BCUT2D eigenvalue weighted by Crippen LogP contribution is -2.06. The fourth-order valence-corrected chi connectivity index (χ4v) is 2.24. The summed E-state index contributed by atoms with van der Waals surface area (Å²) in [7, 11) is 0. The van der Waals surface area contributed by atoms with Crippen LogP contribution in [0.25, 0.3) is 5.69 Å². The zero-order chi connectivity index (χ0) is 13.1. The van der Waals surface area contributed by atoms with E-state index in [0.717, 1.165) is 29.9 Å². The van der Waals surface area contributed by atoms with Crippen LogP contribution in [0.3, 0.4) is 0 Å². The Morgan fingerprint density at radius 1 is 1.44 bits per heavy atom. The third-order valence-electron chi connectivity index (χ3n) is 2.95. The van der Waals surface area contributed by atoms with E-state index < -0.39 is 0 Å². The predicted octanol–water partition coefficient (Wildman–Crippen LogP) is 3.50. The first kappa shape index (κ1) is 13.1. The Balaban J connectivity index is 2.41. The topological polar surface area (TPSA) is 43.8 Å². The zero-order valence-electron chi connectivity index (χ0n) is 10.7. The molecule has 1 heterocycles. The summed E-state index contributed by atoms with van der Waals surface area (Å²) >= 11 is 6.33. The fourth-order valence-electron chi connectivity index (χ4n) is 1.96. The lowest BCUT2D eigenvalue weighted by Gasteiger charge is -2.12. The van der Waals surface area contributed by atoms with Gasteiger partial charge in [0.15, 0.2) is 0 Å². The van der Waals surface area contributed by atoms with E-state index in [2.05, 4.69) is 11.9 Å². The van der Waals surface area contributed by atoms with Crippen LogP contribution in [-0.2, 0) is 6.42 Å². The Morgan fingerprint density at radius 3 is 2.83 bits per heavy atom. The Morgan fingerprint density at radius 2 is 2.22 bits per heavy atom. The van der Waals surface area contributed by atoms with Crippen LogP contribution in [0.15, 0.2) is 30.6 Å². The van der Waals surface area contributed by atoms with Crippen molar-refractivity contribution in [2.24, 2.45) is 5.73 Å². The van der Waals surface area contributed by atoms with Gasteiger partial charge in [-0.3, -0.25) is 0 Å². The van der Waals surface area contributed by atoms with E-state index in [9.17, 15) is 0 Å². The molecule has 0 amide bonds. The highest BCUT2D eigenvalue weighted by atomic mass is 35.5. The van der Waals surface area contributed by atoms with E-state index in [-0.39, 0.29) is 6.04 Å². The number of halogens is 1. The number of nitrogens with zero attached hydrogens (tertiary/aromatic N) is 2. The number of rotatable bonds is 4. The van der Waals surface area contributed by atoms with E-state index in [1.165, 1.54) is 0 Å². The van der Waals surface area contributed by atoms with E-state index >= 15 is 0 Å². The minimum absolute atomic E-state index is 0.00514. The normalized spacial score (nSPS) is 12.7. The number of nitrogens with two attached hydrogens (primary N) is 1. The summed E-state index contributed by atoms with van der Waals surface area (Å²) in [6, 6.07) is 5.94. The Kier molecular flexibility index (Phi) is 4.04. The van der Waals surface area contributed by atoms with E-state index in [1.807, 2.05) is 35.9 Å². The Labute approximate surface area is 113 Å². The SMILES string of the molecule is CCCc1nccn1-c1ccc(C(C)N)cc1Cl. The van der Waals surface area contributed by atoms with Crippen LogP contribution in [0.1, 0.15) is 37.7 Å². The molecule has 3 nitrogen and oxygen atoms in total. The van der Waals surface area contributed by atoms with Crippen LogP contribution in [0.2, 0.25) is 5.02 Å². The first-order chi connectivity index (χ1) is 8.63. The van der Waals surface area contributed by atoms with Gasteiger partial charge in [-0.15, -0.1) is 0 Å². The molecular formula is C14H18ClN3. The van der Waals surface area contributed by atoms with E-state index in [0.29, 0.717) is 5.02 Å². The number of hydrogen-bond acceptors (Lipinski definition) is 2. The van der Waals surface area contributed by atoms with Crippen molar-refractivity contribution in [1.82, 2.24) is 9.55 Å². The molecule has 0 saturated carbocycles. The second-order valence-electron chi connectivity index (χ2n) is 4.46. The standard InChI is InChI=1S/C14H18ClN3/c1-3-4-14-17-7-8-18(14)13-6-5-11(10(2)16)9-12(13)15/h5-10H,3-4,16H2,1-2H3. The summed E-state index contributed by atoms with van der Waals surface area (Å²) in [5.74, 6) is 1.04. The van der Waals surface area contributed by atoms with Crippen LogP contribution in [0.4, 0.5) is 0 Å². The number of hydrogen-bond donors (Lipinski definition) is 1. The van der Waals surface area contributed by atoms with Crippen molar-refractivity contribution in [2.45, 2.75) is 32.7 Å². The van der Waals surface area contributed by atoms with Gasteiger partial charge < -0.3 is 10.3 Å². The van der Waals surface area contributed by atoms with E-state index in [1.54, 1.807) is 6.20 Å². The largest absolute Gasteiger partial charge is 0.324 e. The number of imidazole rings is 1. The smallest absolute Gasteiger partial charge is 0.113 e. The molecule has 0 bridgehead atoms. The number of benzene rings is 1. The van der Waals surface area contributed by atoms with Crippen molar-refractivity contribution >= 4 is 11.6 Å². The van der Waals surface area contributed by atoms with Crippen molar-refractivity contribution in [2.75, 3.05) is 0 Å². The van der Waals surface area contributed by atoms with Gasteiger partial charge in [0.05, 0.1) is 10.7 Å². The molecule has 0 aliphatic carbocycles. The van der Waals surface area contributed by atoms with Crippen molar-refractivity contribution in [3.05, 3.63) is 47.0 Å². The molecule has 1 aromatic heterocycles. The average molecular weight is 264 g/mol. The second kappa shape index (κ2) is 5.55. The highest BCUT2D eigenvalue weighted by molar-refractivity contribution is 6.32. The number of aryl methyl sites for hydroxylation is 1. The van der Waals surface area contributed by atoms with Gasteiger partial charge in [-0.2, -0.15) is 0 Å². The molecule has 18 heavy (non-hydrogen) atoms. The molecule has 1 aromatic carbocycles. The molecule has 0 spiro atoms. The minimum Gasteiger partial charge on any atom is -0.324 e. The van der Waals surface area contributed by atoms with Gasteiger partial charge in [0.2, 0.25) is 0 Å². The van der Waals surface area contributed by atoms with Gasteiger partial charge in [0, 0.05) is 24.9 Å². The Hall–Kier alpha value is -1.32. The molecule has 2 N–H and O–H groups in total. The van der Waals surface area contributed by atoms with Crippen LogP contribution in [0, 0.1) is 0 Å². The quantitative estimate of drug-likeness (QED) is 0.918. The third-order valence-corrected chi connectivity index (χ3v) is 3.25. The minimum atomic E-state index is -0.00514. The van der Waals surface area contributed by atoms with Gasteiger partial charge in [0.1, 0.15) is 5.82 Å². The number of aromatic nitrogens is 2. The molecule has 1 unspecified atom stereocenters. The van der Waals surface area contributed by atoms with Crippen LogP contribution in [-0.4, -0.2) is 9.55 Å². The highest BCUT2D eigenvalue weighted by Gasteiger charge is 2.09. The van der Waals surface area contributed by atoms with Gasteiger partial charge in [-0.25, -0.2) is 4.98 Å². The van der Waals surface area contributed by atoms with Gasteiger partial charge >= 0.3 is 0 Å². The van der Waals surface area contributed by atoms with Crippen molar-refractivity contribution in [3.8, 4) is 5.69 Å². The monoisotopic (exact) mass is 263 g/mol. The molecule has 0 saturated heterocycles. The molecule has 0 radical (unpaired) electrons. The van der Waals surface area contributed by atoms with Gasteiger partial charge in [-0.05, 0) is 31.0 Å². The summed E-state index contributed by atoms with van der Waals surface area (Å²) < 4.78 is 2.04. The maximum atomic E-state index is 6.33. The summed E-state index contributed by atoms with van der Waals surface area (Å²) in [5.41, 5.74) is 7.85. The van der Waals surface area contributed by atoms with Gasteiger partial charge in [-0.1, -0.05) is 24.6 Å². The average Bonchev–Trinajstić information content (AvgIpc) is 2.77. The summed E-state index contributed by atoms with van der Waals surface area (Å²) in [6.45, 7) is 4.09. The van der Waals surface area contributed by atoms with Crippen molar-refractivity contribution in [1.29, 1.82) is 0 Å². The molecule has 2 rings (SSSR count). The zero-order valence-corrected chi connectivity index (χ0v) is 11.5. The van der Waals surface area contributed by atoms with Crippen LogP contribution < -0.4 is 5.73 Å². The molecule has 0 fully saturated rings. The van der Waals surface area contributed by atoms with E-state index in [4.69, 9.17) is 17.3 Å². The molecular weight excluding hydrogens is 246 g/mol. The van der Waals surface area contributed by atoms with Gasteiger partial charge in [0.25, 0.3) is 0 Å². The lowest BCUT2D eigenvalue weighted by atomic mass is 10.1. The van der Waals surface area contributed by atoms with Crippen LogP contribution in [0.5, 0.6) is 0 Å². The Bertz CT molecular complexity index is 532. The predicted molar refractivity (Wildman–Crippen MR) is 75.2 cm³/mol. The first-order valence-electron chi connectivity index (χ1n) is 6.21. The fraction of sp³-hybridized carbons (Fsp3) is 0.357. The highest BCUT2D eigenvalue weighted by Crippen LogP contribution is 2.25. The molecule has 0 aliphatic heterocycles. The molecule has 1 atom stereocenters. The summed E-state index contributed by atoms with van der Waals surface area (Å²) in [6.07, 6.45) is 5.75. The van der Waals surface area contributed by atoms with Crippen molar-refractivity contribution in [3.63, 3.8) is 0 Å².